The number of nitrogens with one attached hydrogen (secondary N) is 1. The quantitative estimate of drug-likeness (QED) is 0.878. The number of anilines is 1. The lowest BCUT2D eigenvalue weighted by molar-refractivity contribution is 0.426. The van der Waals surface area contributed by atoms with Gasteiger partial charge in [0.1, 0.15) is 6.07 Å². The second-order valence-corrected chi connectivity index (χ2v) is 5.62. The molecule has 0 amide bonds. The molecule has 0 aromatic heterocycles. The van der Waals surface area contributed by atoms with Crippen LogP contribution in [-0.2, 0) is 0 Å². The Balaban J connectivity index is 1.69. The van der Waals surface area contributed by atoms with Crippen molar-refractivity contribution in [2.45, 2.75) is 25.7 Å². The molecular weight excluding hydrogens is 246 g/mol. The Kier molecular flexibility index (Phi) is 3.14. The Labute approximate surface area is 111 Å². The molecule has 4 heteroatoms. The zero-order valence-electron chi connectivity index (χ0n) is 10.6. The van der Waals surface area contributed by atoms with Crippen LogP contribution in [-0.4, -0.2) is 6.54 Å². The summed E-state index contributed by atoms with van der Waals surface area (Å²) in [5, 5.41) is 11.7. The number of nitriles is 1. The summed E-state index contributed by atoms with van der Waals surface area (Å²) in [6.07, 6.45) is 5.08. The predicted molar refractivity (Wildman–Crippen MR) is 68.5 cm³/mol. The molecule has 0 atom stereocenters. The number of hydrogen-bond acceptors (Lipinski definition) is 2. The fourth-order valence-electron chi connectivity index (χ4n) is 2.77. The van der Waals surface area contributed by atoms with Gasteiger partial charge in [-0.3, -0.25) is 0 Å². The van der Waals surface area contributed by atoms with E-state index >= 15 is 0 Å². The number of rotatable bonds is 5. The molecule has 2 saturated carbocycles. The summed E-state index contributed by atoms with van der Waals surface area (Å²) in [7, 11) is 0. The smallest absolute Gasteiger partial charge is 0.183 e. The first-order valence-electron chi connectivity index (χ1n) is 6.82. The van der Waals surface area contributed by atoms with Crippen molar-refractivity contribution >= 4 is 5.69 Å². The van der Waals surface area contributed by atoms with E-state index in [1.54, 1.807) is 6.07 Å². The Morgan fingerprint density at radius 2 is 1.79 bits per heavy atom. The van der Waals surface area contributed by atoms with Crippen molar-refractivity contribution in [1.82, 2.24) is 0 Å². The zero-order chi connectivity index (χ0) is 13.4. The highest BCUT2D eigenvalue weighted by Gasteiger charge is 2.41. The Bertz CT molecular complexity index is 516. The van der Waals surface area contributed by atoms with Crippen molar-refractivity contribution in [2.75, 3.05) is 11.9 Å². The summed E-state index contributed by atoms with van der Waals surface area (Å²) in [5.74, 6) is 0.141. The van der Waals surface area contributed by atoms with Crippen LogP contribution in [0.2, 0.25) is 0 Å². The number of benzene rings is 1. The molecule has 0 heterocycles. The fourth-order valence-corrected chi connectivity index (χ4v) is 2.77. The summed E-state index contributed by atoms with van der Waals surface area (Å²) in [4.78, 5) is 0. The van der Waals surface area contributed by atoms with Crippen LogP contribution in [0.3, 0.4) is 0 Å². The molecule has 0 saturated heterocycles. The molecule has 2 fully saturated rings. The van der Waals surface area contributed by atoms with Crippen molar-refractivity contribution in [2.24, 2.45) is 17.8 Å². The van der Waals surface area contributed by atoms with Crippen LogP contribution in [0.5, 0.6) is 0 Å². The molecule has 0 unspecified atom stereocenters. The largest absolute Gasteiger partial charge is 0.382 e. The summed E-state index contributed by atoms with van der Waals surface area (Å²) < 4.78 is 27.2. The number of hydrogen-bond donors (Lipinski definition) is 1. The third kappa shape index (κ3) is 2.56. The average Bonchev–Trinajstić information content (AvgIpc) is 3.27. The first-order valence-corrected chi connectivity index (χ1v) is 6.82. The Morgan fingerprint density at radius 3 is 2.32 bits per heavy atom. The first kappa shape index (κ1) is 12.4. The third-order valence-corrected chi connectivity index (χ3v) is 4.19. The molecule has 0 spiro atoms. The molecule has 2 aliphatic carbocycles. The number of nitrogens with zero attached hydrogens (tertiary/aromatic N) is 1. The van der Waals surface area contributed by atoms with Crippen LogP contribution in [0.25, 0.3) is 0 Å². The molecule has 1 N–H and O–H groups in total. The van der Waals surface area contributed by atoms with Gasteiger partial charge >= 0.3 is 0 Å². The highest BCUT2D eigenvalue weighted by molar-refractivity contribution is 5.49. The van der Waals surface area contributed by atoms with Crippen LogP contribution in [0, 0.1) is 40.7 Å². The van der Waals surface area contributed by atoms with Crippen molar-refractivity contribution in [3.63, 3.8) is 0 Å². The maximum Gasteiger partial charge on any atom is 0.183 e. The van der Waals surface area contributed by atoms with Crippen molar-refractivity contribution < 1.29 is 8.78 Å². The van der Waals surface area contributed by atoms with E-state index < -0.39 is 11.6 Å². The average molecular weight is 262 g/mol. The SMILES string of the molecule is N#Cc1ccc(NCC(C2CC2)C2CC2)c(F)c1F. The van der Waals surface area contributed by atoms with Gasteiger partial charge in [0.05, 0.1) is 11.3 Å². The molecular formula is C15H16F2N2. The molecule has 0 radical (unpaired) electrons. The van der Waals surface area contributed by atoms with E-state index in [-0.39, 0.29) is 11.3 Å². The monoisotopic (exact) mass is 262 g/mol. The lowest BCUT2D eigenvalue weighted by Gasteiger charge is -2.17. The minimum absolute atomic E-state index is 0.169. The topological polar surface area (TPSA) is 35.8 Å². The van der Waals surface area contributed by atoms with Gasteiger partial charge in [-0.2, -0.15) is 5.26 Å². The molecule has 100 valence electrons. The minimum atomic E-state index is -1.05. The van der Waals surface area contributed by atoms with Crippen molar-refractivity contribution in [3.8, 4) is 6.07 Å². The van der Waals surface area contributed by atoms with Crippen LogP contribution in [0.1, 0.15) is 31.2 Å². The van der Waals surface area contributed by atoms with E-state index in [1.807, 2.05) is 0 Å². The molecule has 1 aromatic carbocycles. The van der Waals surface area contributed by atoms with Gasteiger partial charge in [0.25, 0.3) is 0 Å². The molecule has 3 rings (SSSR count). The van der Waals surface area contributed by atoms with E-state index in [0.29, 0.717) is 12.5 Å². The number of halogens is 2. The molecule has 2 aliphatic rings. The highest BCUT2D eigenvalue weighted by atomic mass is 19.2. The van der Waals surface area contributed by atoms with Gasteiger partial charge < -0.3 is 5.32 Å². The zero-order valence-corrected chi connectivity index (χ0v) is 10.6. The van der Waals surface area contributed by atoms with E-state index in [1.165, 1.54) is 37.8 Å². The summed E-state index contributed by atoms with van der Waals surface area (Å²) in [6, 6.07) is 4.42. The highest BCUT2D eigenvalue weighted by Crippen LogP contribution is 2.49. The Hall–Kier alpha value is -1.63. The minimum Gasteiger partial charge on any atom is -0.382 e. The summed E-state index contributed by atoms with van der Waals surface area (Å²) >= 11 is 0. The maximum absolute atomic E-state index is 13.7. The summed E-state index contributed by atoms with van der Waals surface area (Å²) in [6.45, 7) is 0.706. The first-order chi connectivity index (χ1) is 9.20. The van der Waals surface area contributed by atoms with Crippen LogP contribution in [0.15, 0.2) is 12.1 Å². The Morgan fingerprint density at radius 1 is 1.16 bits per heavy atom. The van der Waals surface area contributed by atoms with Crippen molar-refractivity contribution in [1.29, 1.82) is 5.26 Å². The van der Waals surface area contributed by atoms with E-state index in [2.05, 4.69) is 5.32 Å². The van der Waals surface area contributed by atoms with Crippen molar-refractivity contribution in [3.05, 3.63) is 29.3 Å². The van der Waals surface area contributed by atoms with Gasteiger partial charge in [0.2, 0.25) is 0 Å². The van der Waals surface area contributed by atoms with Gasteiger partial charge in [0.15, 0.2) is 11.6 Å². The van der Waals surface area contributed by atoms with E-state index in [4.69, 9.17) is 5.26 Å². The second kappa shape index (κ2) is 4.80. The van der Waals surface area contributed by atoms with Crippen LogP contribution < -0.4 is 5.32 Å². The lowest BCUT2D eigenvalue weighted by atomic mass is 9.98. The molecule has 0 bridgehead atoms. The summed E-state index contributed by atoms with van der Waals surface area (Å²) in [5.41, 5.74) is -0.0771. The van der Waals surface area contributed by atoms with E-state index in [9.17, 15) is 8.78 Å². The van der Waals surface area contributed by atoms with Gasteiger partial charge in [0, 0.05) is 6.54 Å². The molecule has 1 aromatic rings. The molecule has 0 aliphatic heterocycles. The molecule has 2 nitrogen and oxygen atoms in total. The fraction of sp³-hybridized carbons (Fsp3) is 0.533. The van der Waals surface area contributed by atoms with Gasteiger partial charge in [-0.15, -0.1) is 0 Å². The normalized spacial score (nSPS) is 18.4. The lowest BCUT2D eigenvalue weighted by Crippen LogP contribution is -2.19. The second-order valence-electron chi connectivity index (χ2n) is 5.62. The van der Waals surface area contributed by atoms with Crippen LogP contribution in [0.4, 0.5) is 14.5 Å². The van der Waals surface area contributed by atoms with E-state index in [0.717, 1.165) is 11.8 Å². The maximum atomic E-state index is 13.7. The third-order valence-electron chi connectivity index (χ3n) is 4.19. The molecule has 19 heavy (non-hydrogen) atoms. The van der Waals surface area contributed by atoms with Crippen LogP contribution >= 0.6 is 0 Å². The van der Waals surface area contributed by atoms with Gasteiger partial charge in [-0.25, -0.2) is 8.78 Å². The van der Waals surface area contributed by atoms with Gasteiger partial charge in [-0.1, -0.05) is 0 Å². The van der Waals surface area contributed by atoms with Gasteiger partial charge in [-0.05, 0) is 55.6 Å². The standard InChI is InChI=1S/C15H16F2N2/c16-14-11(7-18)5-6-13(15(14)17)19-8-12(9-1-2-9)10-3-4-10/h5-6,9-10,12,19H,1-4,8H2. The predicted octanol–water partition coefficient (Wildman–Crippen LogP) is 3.68.